The molecule has 6 nitrogen and oxygen atoms in total. The van der Waals surface area contributed by atoms with E-state index in [2.05, 4.69) is 10.0 Å². The molecule has 0 unspecified atom stereocenters. The van der Waals surface area contributed by atoms with Crippen LogP contribution >= 0.6 is 0 Å². The highest BCUT2D eigenvalue weighted by Crippen LogP contribution is 2.34. The lowest BCUT2D eigenvalue weighted by Gasteiger charge is -2.22. The number of nitrogens with zero attached hydrogens (tertiary/aromatic N) is 1. The maximum Gasteiger partial charge on any atom is 0.416 e. The number of nitrogens with one attached hydrogen (secondary N) is 2. The molecule has 35 heavy (non-hydrogen) atoms. The first kappa shape index (κ1) is 24.5. The van der Waals surface area contributed by atoms with Crippen LogP contribution in [-0.2, 0) is 16.2 Å². The standard InChI is InChI=1S/C24H21F4N3O3S/c25-18-8-6-16(7-9-18)23(32)29-19-10-11-21(31-12-1-2-13-31)22(15-19)35(33,34)30-20-5-3-4-17(14-20)24(26,27)28/h3-11,14-15,30H,1-2,12-13H2,(H,29,32). The number of alkyl halides is 3. The molecule has 184 valence electrons. The van der Waals surface area contributed by atoms with Crippen LogP contribution in [-0.4, -0.2) is 27.4 Å². The zero-order valence-electron chi connectivity index (χ0n) is 18.3. The van der Waals surface area contributed by atoms with Gasteiger partial charge in [-0.15, -0.1) is 0 Å². The van der Waals surface area contributed by atoms with E-state index in [1.165, 1.54) is 24.3 Å². The van der Waals surface area contributed by atoms with Crippen LogP contribution in [0.1, 0.15) is 28.8 Å². The summed E-state index contributed by atoms with van der Waals surface area (Å²) in [5.41, 5.74) is -0.527. The number of anilines is 3. The minimum atomic E-state index is -4.63. The summed E-state index contributed by atoms with van der Waals surface area (Å²) in [7, 11) is -4.33. The summed E-state index contributed by atoms with van der Waals surface area (Å²) in [6.45, 7) is 1.24. The van der Waals surface area contributed by atoms with E-state index in [-0.39, 0.29) is 21.8 Å². The summed E-state index contributed by atoms with van der Waals surface area (Å²) in [6, 6.07) is 13.1. The van der Waals surface area contributed by atoms with E-state index in [0.717, 1.165) is 37.1 Å². The Morgan fingerprint density at radius 3 is 2.23 bits per heavy atom. The average molecular weight is 508 g/mol. The number of amides is 1. The van der Waals surface area contributed by atoms with Crippen LogP contribution < -0.4 is 14.9 Å². The lowest BCUT2D eigenvalue weighted by molar-refractivity contribution is -0.137. The van der Waals surface area contributed by atoms with Crippen molar-refractivity contribution in [1.29, 1.82) is 0 Å². The summed E-state index contributed by atoms with van der Waals surface area (Å²) < 4.78 is 81.2. The Kier molecular flexibility index (Phi) is 6.70. The van der Waals surface area contributed by atoms with Crippen LogP contribution in [0.15, 0.2) is 71.6 Å². The van der Waals surface area contributed by atoms with Crippen molar-refractivity contribution in [2.75, 3.05) is 28.0 Å². The Bertz CT molecular complexity index is 1340. The highest BCUT2D eigenvalue weighted by atomic mass is 32.2. The van der Waals surface area contributed by atoms with Gasteiger partial charge in [-0.25, -0.2) is 12.8 Å². The van der Waals surface area contributed by atoms with Gasteiger partial charge in [-0.2, -0.15) is 13.2 Å². The van der Waals surface area contributed by atoms with Gasteiger partial charge in [-0.1, -0.05) is 6.07 Å². The van der Waals surface area contributed by atoms with Gasteiger partial charge in [0, 0.05) is 30.0 Å². The predicted octanol–water partition coefficient (Wildman–Crippen LogP) is 5.50. The number of benzene rings is 3. The van der Waals surface area contributed by atoms with E-state index in [1.54, 1.807) is 12.1 Å². The highest BCUT2D eigenvalue weighted by Gasteiger charge is 2.31. The van der Waals surface area contributed by atoms with E-state index in [1.807, 2.05) is 4.90 Å². The van der Waals surface area contributed by atoms with Crippen LogP contribution in [0.25, 0.3) is 0 Å². The van der Waals surface area contributed by atoms with E-state index in [0.29, 0.717) is 24.8 Å². The first-order chi connectivity index (χ1) is 16.5. The summed E-state index contributed by atoms with van der Waals surface area (Å²) >= 11 is 0. The van der Waals surface area contributed by atoms with Crippen molar-refractivity contribution >= 4 is 33.0 Å². The van der Waals surface area contributed by atoms with E-state index in [9.17, 15) is 30.8 Å². The second-order valence-electron chi connectivity index (χ2n) is 8.02. The summed E-state index contributed by atoms with van der Waals surface area (Å²) in [6.07, 6.45) is -2.90. The van der Waals surface area contributed by atoms with E-state index < -0.39 is 33.5 Å². The van der Waals surface area contributed by atoms with Crippen LogP contribution in [0.5, 0.6) is 0 Å². The summed E-state index contributed by atoms with van der Waals surface area (Å²) in [5, 5.41) is 2.58. The molecular formula is C24H21F4N3O3S. The Morgan fingerprint density at radius 1 is 0.886 bits per heavy atom. The van der Waals surface area contributed by atoms with Gasteiger partial charge < -0.3 is 10.2 Å². The fraction of sp³-hybridized carbons (Fsp3) is 0.208. The molecule has 0 aliphatic carbocycles. The fourth-order valence-electron chi connectivity index (χ4n) is 3.80. The second kappa shape index (κ2) is 9.57. The minimum absolute atomic E-state index is 0.159. The third-order valence-corrected chi connectivity index (χ3v) is 6.91. The minimum Gasteiger partial charge on any atom is -0.370 e. The fourth-order valence-corrected chi connectivity index (χ4v) is 5.10. The van der Waals surface area contributed by atoms with Crippen molar-refractivity contribution in [1.82, 2.24) is 0 Å². The van der Waals surface area contributed by atoms with Gasteiger partial charge in [0.05, 0.1) is 11.3 Å². The van der Waals surface area contributed by atoms with Crippen LogP contribution in [0.4, 0.5) is 34.6 Å². The van der Waals surface area contributed by atoms with Crippen LogP contribution in [0.2, 0.25) is 0 Å². The number of carbonyl (C=O) groups is 1. The molecule has 3 aromatic carbocycles. The van der Waals surface area contributed by atoms with Crippen molar-refractivity contribution in [2.24, 2.45) is 0 Å². The Morgan fingerprint density at radius 2 is 1.57 bits per heavy atom. The van der Waals surface area contributed by atoms with Gasteiger partial charge in [0.15, 0.2) is 0 Å². The van der Waals surface area contributed by atoms with Crippen molar-refractivity contribution < 1.29 is 30.8 Å². The van der Waals surface area contributed by atoms with Gasteiger partial charge in [-0.05, 0) is 73.5 Å². The SMILES string of the molecule is O=C(Nc1ccc(N2CCCC2)c(S(=O)(=O)Nc2cccc(C(F)(F)F)c2)c1)c1ccc(F)cc1. The molecule has 2 N–H and O–H groups in total. The molecule has 1 aliphatic rings. The monoisotopic (exact) mass is 507 g/mol. The number of rotatable bonds is 6. The molecular weight excluding hydrogens is 486 g/mol. The Hall–Kier alpha value is -3.60. The predicted molar refractivity (Wildman–Crippen MR) is 124 cm³/mol. The maximum absolute atomic E-state index is 13.3. The molecule has 0 radical (unpaired) electrons. The van der Waals surface area contributed by atoms with Gasteiger partial charge in [0.25, 0.3) is 15.9 Å². The maximum atomic E-state index is 13.3. The second-order valence-corrected chi connectivity index (χ2v) is 9.67. The molecule has 0 aromatic heterocycles. The van der Waals surface area contributed by atoms with Gasteiger partial charge in [-0.3, -0.25) is 9.52 Å². The van der Waals surface area contributed by atoms with Crippen molar-refractivity contribution in [3.63, 3.8) is 0 Å². The first-order valence-electron chi connectivity index (χ1n) is 10.7. The van der Waals surface area contributed by atoms with E-state index in [4.69, 9.17) is 0 Å². The third-order valence-electron chi connectivity index (χ3n) is 5.50. The lowest BCUT2D eigenvalue weighted by Crippen LogP contribution is -2.23. The molecule has 1 heterocycles. The zero-order valence-corrected chi connectivity index (χ0v) is 19.1. The first-order valence-corrected chi connectivity index (χ1v) is 12.2. The topological polar surface area (TPSA) is 78.5 Å². The molecule has 11 heteroatoms. The molecule has 1 amide bonds. The van der Waals surface area contributed by atoms with Crippen molar-refractivity contribution in [3.05, 3.63) is 83.7 Å². The number of hydrogen-bond acceptors (Lipinski definition) is 4. The average Bonchev–Trinajstić information content (AvgIpc) is 3.34. The molecule has 0 atom stereocenters. The number of hydrogen-bond donors (Lipinski definition) is 2. The molecule has 0 saturated carbocycles. The highest BCUT2D eigenvalue weighted by molar-refractivity contribution is 7.92. The van der Waals surface area contributed by atoms with Gasteiger partial charge in [0.1, 0.15) is 10.7 Å². The summed E-state index contributed by atoms with van der Waals surface area (Å²) in [5.74, 6) is -1.08. The summed E-state index contributed by atoms with van der Waals surface area (Å²) in [4.78, 5) is 14.2. The lowest BCUT2D eigenvalue weighted by atomic mass is 10.2. The smallest absolute Gasteiger partial charge is 0.370 e. The number of carbonyl (C=O) groups excluding carboxylic acids is 1. The molecule has 1 fully saturated rings. The van der Waals surface area contributed by atoms with Gasteiger partial charge >= 0.3 is 6.18 Å². The molecule has 3 aromatic rings. The number of halogens is 4. The molecule has 1 aliphatic heterocycles. The van der Waals surface area contributed by atoms with Crippen molar-refractivity contribution in [3.8, 4) is 0 Å². The Balaban J connectivity index is 1.68. The molecule has 0 spiro atoms. The normalized spacial score (nSPS) is 14.1. The van der Waals surface area contributed by atoms with Crippen LogP contribution in [0.3, 0.4) is 0 Å². The molecule has 0 bridgehead atoms. The zero-order chi connectivity index (χ0) is 25.2. The molecule has 1 saturated heterocycles. The quantitative estimate of drug-likeness (QED) is 0.432. The van der Waals surface area contributed by atoms with Crippen LogP contribution in [0, 0.1) is 5.82 Å². The molecule has 4 rings (SSSR count). The number of sulfonamides is 1. The van der Waals surface area contributed by atoms with Crippen molar-refractivity contribution in [2.45, 2.75) is 23.9 Å². The third kappa shape index (κ3) is 5.73. The van der Waals surface area contributed by atoms with E-state index >= 15 is 0 Å². The van der Waals surface area contributed by atoms with Gasteiger partial charge in [0.2, 0.25) is 0 Å². The Labute approximate surface area is 199 Å². The largest absolute Gasteiger partial charge is 0.416 e.